The number of carbonyl (C=O) groups is 2. The van der Waals surface area contributed by atoms with Crippen molar-refractivity contribution in [1.82, 2.24) is 0 Å². The highest BCUT2D eigenvalue weighted by molar-refractivity contribution is 7.12. The van der Waals surface area contributed by atoms with E-state index in [0.717, 1.165) is 9.75 Å². The Morgan fingerprint density at radius 1 is 1.22 bits per heavy atom. The van der Waals surface area contributed by atoms with Gasteiger partial charge in [-0.3, -0.25) is 4.79 Å². The van der Waals surface area contributed by atoms with Crippen LogP contribution in [0.4, 0.5) is 5.69 Å². The minimum Gasteiger partial charge on any atom is -0.449 e. The summed E-state index contributed by atoms with van der Waals surface area (Å²) in [6.07, 6.45) is -0.977. The van der Waals surface area contributed by atoms with E-state index in [2.05, 4.69) is 5.32 Å². The molecule has 0 saturated heterocycles. The molecule has 0 aliphatic rings. The van der Waals surface area contributed by atoms with E-state index in [9.17, 15) is 9.59 Å². The smallest absolute Gasteiger partial charge is 0.340 e. The summed E-state index contributed by atoms with van der Waals surface area (Å²) in [7, 11) is 0. The number of amides is 1. The van der Waals surface area contributed by atoms with Crippen LogP contribution in [0.1, 0.15) is 27.0 Å². The van der Waals surface area contributed by atoms with E-state index in [1.807, 2.05) is 13.8 Å². The van der Waals surface area contributed by atoms with Crippen molar-refractivity contribution in [2.75, 3.05) is 5.32 Å². The van der Waals surface area contributed by atoms with Crippen LogP contribution in [-0.4, -0.2) is 18.0 Å². The fourth-order valence-electron chi connectivity index (χ4n) is 1.95. The molecular weight excluding hydrogens is 357 g/mol. The molecule has 23 heavy (non-hydrogen) atoms. The van der Waals surface area contributed by atoms with Gasteiger partial charge in [-0.05, 0) is 39.0 Å². The number of rotatable bonds is 4. The number of benzene rings is 1. The van der Waals surface area contributed by atoms with E-state index >= 15 is 0 Å². The molecule has 1 N–H and O–H groups in total. The number of carbonyl (C=O) groups excluding carboxylic acids is 2. The molecule has 0 unspecified atom stereocenters. The molecule has 0 saturated carbocycles. The minimum atomic E-state index is -0.977. The molecule has 122 valence electrons. The first-order valence-electron chi connectivity index (χ1n) is 6.82. The number of hydrogen-bond acceptors (Lipinski definition) is 4. The maximum Gasteiger partial charge on any atom is 0.340 e. The van der Waals surface area contributed by atoms with Crippen molar-refractivity contribution in [3.63, 3.8) is 0 Å². The lowest BCUT2D eigenvalue weighted by molar-refractivity contribution is -0.123. The predicted molar refractivity (Wildman–Crippen MR) is 93.8 cm³/mol. The number of para-hydroxylation sites is 1. The van der Waals surface area contributed by atoms with Gasteiger partial charge in [-0.2, -0.15) is 0 Å². The second-order valence-corrected chi connectivity index (χ2v) is 7.24. The zero-order valence-electron chi connectivity index (χ0n) is 12.8. The summed E-state index contributed by atoms with van der Waals surface area (Å²) in [6, 6.07) is 6.64. The van der Waals surface area contributed by atoms with Gasteiger partial charge in [0, 0.05) is 9.75 Å². The molecule has 2 aromatic rings. The van der Waals surface area contributed by atoms with E-state index in [-0.39, 0.29) is 0 Å². The van der Waals surface area contributed by atoms with Gasteiger partial charge in [0.25, 0.3) is 5.91 Å². The molecule has 1 heterocycles. The first-order chi connectivity index (χ1) is 10.8. The van der Waals surface area contributed by atoms with Crippen LogP contribution >= 0.6 is 34.5 Å². The van der Waals surface area contributed by atoms with E-state index < -0.39 is 18.0 Å². The number of anilines is 1. The fourth-order valence-corrected chi connectivity index (χ4v) is 3.36. The maximum atomic E-state index is 12.2. The van der Waals surface area contributed by atoms with Gasteiger partial charge < -0.3 is 10.1 Å². The van der Waals surface area contributed by atoms with Crippen molar-refractivity contribution in [2.45, 2.75) is 26.9 Å². The number of ether oxygens (including phenoxy) is 1. The second-order valence-electron chi connectivity index (χ2n) is 4.96. The molecule has 4 nitrogen and oxygen atoms in total. The summed E-state index contributed by atoms with van der Waals surface area (Å²) < 4.78 is 5.21. The highest BCUT2D eigenvalue weighted by Crippen LogP contribution is 2.30. The van der Waals surface area contributed by atoms with Gasteiger partial charge in [-0.15, -0.1) is 11.3 Å². The Morgan fingerprint density at radius 3 is 2.35 bits per heavy atom. The summed E-state index contributed by atoms with van der Waals surface area (Å²) in [6.45, 7) is 5.24. The zero-order chi connectivity index (χ0) is 17.1. The first kappa shape index (κ1) is 17.8. The molecule has 0 bridgehead atoms. The highest BCUT2D eigenvalue weighted by atomic mass is 35.5. The Bertz CT molecular complexity index is 738. The molecule has 1 aromatic carbocycles. The predicted octanol–water partition coefficient (Wildman–Crippen LogP) is 4.86. The van der Waals surface area contributed by atoms with Crippen molar-refractivity contribution in [1.29, 1.82) is 0 Å². The number of hydrogen-bond donors (Lipinski definition) is 1. The van der Waals surface area contributed by atoms with Gasteiger partial charge >= 0.3 is 5.97 Å². The summed E-state index contributed by atoms with van der Waals surface area (Å²) >= 11 is 13.5. The first-order valence-corrected chi connectivity index (χ1v) is 8.39. The van der Waals surface area contributed by atoms with E-state index in [4.69, 9.17) is 27.9 Å². The van der Waals surface area contributed by atoms with Crippen LogP contribution in [0.25, 0.3) is 0 Å². The normalized spacial score (nSPS) is 11.9. The van der Waals surface area contributed by atoms with Crippen molar-refractivity contribution in [2.24, 2.45) is 0 Å². The maximum absolute atomic E-state index is 12.2. The lowest BCUT2D eigenvalue weighted by atomic mass is 10.2. The van der Waals surface area contributed by atoms with Crippen molar-refractivity contribution < 1.29 is 14.3 Å². The molecule has 0 aliphatic carbocycles. The molecule has 1 amide bonds. The third-order valence-corrected chi connectivity index (χ3v) is 4.72. The Hall–Kier alpha value is -1.56. The fraction of sp³-hybridized carbons (Fsp3) is 0.250. The van der Waals surface area contributed by atoms with Gasteiger partial charge in [0.15, 0.2) is 6.10 Å². The second kappa shape index (κ2) is 7.34. The summed E-state index contributed by atoms with van der Waals surface area (Å²) in [5.74, 6) is -1.03. The molecule has 7 heteroatoms. The topological polar surface area (TPSA) is 55.4 Å². The monoisotopic (exact) mass is 371 g/mol. The molecule has 0 aliphatic heterocycles. The Labute approximate surface area is 148 Å². The van der Waals surface area contributed by atoms with Crippen molar-refractivity contribution in [3.8, 4) is 0 Å². The molecule has 0 spiro atoms. The average Bonchev–Trinajstić information content (AvgIpc) is 2.81. The Kier molecular flexibility index (Phi) is 5.68. The Morgan fingerprint density at radius 2 is 1.83 bits per heavy atom. The standard InChI is InChI=1S/C16H15Cl2NO3S/c1-8-7-11(10(3)23-8)16(21)22-9(2)15(20)19-14-12(17)5-4-6-13(14)18/h4-7,9H,1-3H3,(H,19,20)/t9-/m0/s1. The summed E-state index contributed by atoms with van der Waals surface area (Å²) in [5.41, 5.74) is 0.772. The SMILES string of the molecule is Cc1cc(C(=O)O[C@@H](C)C(=O)Nc2c(Cl)cccc2Cl)c(C)s1. The number of nitrogens with one attached hydrogen (secondary N) is 1. The van der Waals surface area contributed by atoms with Gasteiger partial charge in [0.1, 0.15) is 0 Å². The van der Waals surface area contributed by atoms with Crippen LogP contribution in [-0.2, 0) is 9.53 Å². The van der Waals surface area contributed by atoms with Crippen LogP contribution in [0, 0.1) is 13.8 Å². The van der Waals surface area contributed by atoms with Crippen LogP contribution < -0.4 is 5.32 Å². The number of thiophene rings is 1. The molecule has 1 atom stereocenters. The van der Waals surface area contributed by atoms with Gasteiger partial charge in [0.05, 0.1) is 21.3 Å². The molecule has 0 fully saturated rings. The number of halogens is 2. The summed E-state index contributed by atoms with van der Waals surface area (Å²) in [4.78, 5) is 26.2. The van der Waals surface area contributed by atoms with E-state index in [1.54, 1.807) is 24.3 Å². The van der Waals surface area contributed by atoms with Crippen LogP contribution in [0.5, 0.6) is 0 Å². The van der Waals surface area contributed by atoms with Crippen molar-refractivity contribution >= 4 is 52.1 Å². The zero-order valence-corrected chi connectivity index (χ0v) is 15.1. The molecule has 0 radical (unpaired) electrons. The highest BCUT2D eigenvalue weighted by Gasteiger charge is 2.22. The largest absolute Gasteiger partial charge is 0.449 e. The molecular formula is C16H15Cl2NO3S. The Balaban J connectivity index is 2.06. The van der Waals surface area contributed by atoms with Crippen LogP contribution in [0.2, 0.25) is 10.0 Å². The third-order valence-electron chi connectivity index (χ3n) is 3.12. The summed E-state index contributed by atoms with van der Waals surface area (Å²) in [5, 5.41) is 3.20. The third kappa shape index (κ3) is 4.25. The minimum absolute atomic E-state index is 0.297. The van der Waals surface area contributed by atoms with E-state index in [0.29, 0.717) is 21.3 Å². The van der Waals surface area contributed by atoms with Gasteiger partial charge in [0.2, 0.25) is 0 Å². The number of esters is 1. The average molecular weight is 372 g/mol. The van der Waals surface area contributed by atoms with Crippen molar-refractivity contribution in [3.05, 3.63) is 49.6 Å². The van der Waals surface area contributed by atoms with E-state index in [1.165, 1.54) is 18.3 Å². The lowest BCUT2D eigenvalue weighted by Crippen LogP contribution is -2.30. The van der Waals surface area contributed by atoms with Gasteiger partial charge in [-0.1, -0.05) is 29.3 Å². The molecule has 1 aromatic heterocycles. The van der Waals surface area contributed by atoms with Crippen LogP contribution in [0.3, 0.4) is 0 Å². The molecule has 2 rings (SSSR count). The van der Waals surface area contributed by atoms with Gasteiger partial charge in [-0.25, -0.2) is 4.79 Å². The van der Waals surface area contributed by atoms with Crippen LogP contribution in [0.15, 0.2) is 24.3 Å². The number of aryl methyl sites for hydroxylation is 2. The lowest BCUT2D eigenvalue weighted by Gasteiger charge is -2.15. The quantitative estimate of drug-likeness (QED) is 0.780.